The van der Waals surface area contributed by atoms with Crippen molar-refractivity contribution in [2.24, 2.45) is 0 Å². The van der Waals surface area contributed by atoms with Crippen LogP contribution in [0.4, 0.5) is 0 Å². The van der Waals surface area contributed by atoms with Gasteiger partial charge in [0.2, 0.25) is 0 Å². The quantitative estimate of drug-likeness (QED) is 0.727. The molecule has 1 atom stereocenters. The van der Waals surface area contributed by atoms with Crippen molar-refractivity contribution >= 4 is 11.9 Å². The first-order valence-corrected chi connectivity index (χ1v) is 8.17. The Bertz CT molecular complexity index is 655. The van der Waals surface area contributed by atoms with E-state index in [1.807, 2.05) is 48.5 Å². The number of hydrogen-bond acceptors (Lipinski definition) is 3. The van der Waals surface area contributed by atoms with Gasteiger partial charge in [0, 0.05) is 12.1 Å². The molecule has 0 N–H and O–H groups in total. The van der Waals surface area contributed by atoms with E-state index >= 15 is 0 Å². The highest BCUT2D eigenvalue weighted by Crippen LogP contribution is 2.25. The fraction of sp³-hybridized carbons (Fsp3) is 0.300. The molecule has 0 fully saturated rings. The van der Waals surface area contributed by atoms with E-state index in [2.05, 4.69) is 6.92 Å². The standard InChI is InChI=1S/C20H23NO3/c1-3-4-15-21(19(22)17-13-9-6-10-14-17)18(20(23)24-2)16-11-7-5-8-12-16/h5-14,18H,3-4,15H2,1-2H3. The summed E-state index contributed by atoms with van der Waals surface area (Å²) in [5.74, 6) is -0.593. The average molecular weight is 325 g/mol. The molecular weight excluding hydrogens is 302 g/mol. The molecule has 0 radical (unpaired) electrons. The zero-order valence-electron chi connectivity index (χ0n) is 14.1. The van der Waals surface area contributed by atoms with Crippen LogP contribution in [0.1, 0.15) is 41.7 Å². The third kappa shape index (κ3) is 4.22. The predicted octanol–water partition coefficient (Wildman–Crippen LogP) is 3.84. The highest BCUT2D eigenvalue weighted by molar-refractivity contribution is 5.97. The summed E-state index contributed by atoms with van der Waals surface area (Å²) in [5, 5.41) is 0. The number of rotatable bonds is 7. The molecule has 0 aliphatic rings. The molecule has 1 unspecified atom stereocenters. The van der Waals surface area contributed by atoms with E-state index in [0.717, 1.165) is 18.4 Å². The van der Waals surface area contributed by atoms with E-state index in [9.17, 15) is 9.59 Å². The van der Waals surface area contributed by atoms with Crippen LogP contribution in [-0.4, -0.2) is 30.4 Å². The Balaban J connectivity index is 2.42. The summed E-state index contributed by atoms with van der Waals surface area (Å²) in [7, 11) is 1.35. The Hall–Kier alpha value is -2.62. The number of benzene rings is 2. The molecule has 0 aliphatic carbocycles. The van der Waals surface area contributed by atoms with Crippen molar-refractivity contribution in [1.29, 1.82) is 0 Å². The fourth-order valence-corrected chi connectivity index (χ4v) is 2.61. The highest BCUT2D eigenvalue weighted by Gasteiger charge is 2.32. The van der Waals surface area contributed by atoms with Gasteiger partial charge in [-0.15, -0.1) is 0 Å². The van der Waals surface area contributed by atoms with Crippen LogP contribution in [-0.2, 0) is 9.53 Å². The van der Waals surface area contributed by atoms with E-state index in [1.54, 1.807) is 17.0 Å². The van der Waals surface area contributed by atoms with Crippen LogP contribution in [0.15, 0.2) is 60.7 Å². The van der Waals surface area contributed by atoms with Gasteiger partial charge in [0.25, 0.3) is 5.91 Å². The zero-order chi connectivity index (χ0) is 17.4. The fourth-order valence-electron chi connectivity index (χ4n) is 2.61. The van der Waals surface area contributed by atoms with Crippen LogP contribution in [0, 0.1) is 0 Å². The number of carbonyl (C=O) groups is 2. The van der Waals surface area contributed by atoms with Crippen molar-refractivity contribution in [1.82, 2.24) is 4.90 Å². The lowest BCUT2D eigenvalue weighted by molar-refractivity contribution is -0.146. The number of esters is 1. The van der Waals surface area contributed by atoms with E-state index < -0.39 is 12.0 Å². The minimum atomic E-state index is -0.740. The molecular formula is C20H23NO3. The Morgan fingerprint density at radius 2 is 1.58 bits per heavy atom. The molecule has 2 rings (SSSR count). The molecule has 4 heteroatoms. The maximum atomic E-state index is 13.0. The molecule has 126 valence electrons. The maximum absolute atomic E-state index is 13.0. The number of nitrogens with zero attached hydrogens (tertiary/aromatic N) is 1. The van der Waals surface area contributed by atoms with Crippen molar-refractivity contribution in [3.8, 4) is 0 Å². The molecule has 4 nitrogen and oxygen atoms in total. The molecule has 24 heavy (non-hydrogen) atoms. The molecule has 0 aromatic heterocycles. The molecule has 0 aliphatic heterocycles. The van der Waals surface area contributed by atoms with Gasteiger partial charge in [-0.1, -0.05) is 61.9 Å². The van der Waals surface area contributed by atoms with Crippen LogP contribution in [0.3, 0.4) is 0 Å². The van der Waals surface area contributed by atoms with Crippen LogP contribution >= 0.6 is 0 Å². The number of carbonyl (C=O) groups excluding carboxylic acids is 2. The zero-order valence-corrected chi connectivity index (χ0v) is 14.1. The van der Waals surface area contributed by atoms with Gasteiger partial charge in [0.05, 0.1) is 7.11 Å². The van der Waals surface area contributed by atoms with Crippen molar-refractivity contribution in [2.75, 3.05) is 13.7 Å². The van der Waals surface area contributed by atoms with Crippen molar-refractivity contribution < 1.29 is 14.3 Å². The van der Waals surface area contributed by atoms with Crippen LogP contribution in [0.2, 0.25) is 0 Å². The third-order valence-corrected chi connectivity index (χ3v) is 3.89. The molecule has 0 spiro atoms. The second kappa shape index (κ2) is 8.87. The first-order chi connectivity index (χ1) is 11.7. The summed E-state index contributed by atoms with van der Waals surface area (Å²) >= 11 is 0. The Kier molecular flexibility index (Phi) is 6.55. The first kappa shape index (κ1) is 17.7. The number of amides is 1. The maximum Gasteiger partial charge on any atom is 0.333 e. The van der Waals surface area contributed by atoms with E-state index in [1.165, 1.54) is 7.11 Å². The normalized spacial score (nSPS) is 11.6. The lowest BCUT2D eigenvalue weighted by Gasteiger charge is -2.30. The summed E-state index contributed by atoms with van der Waals surface area (Å²) in [6.07, 6.45) is 1.75. The van der Waals surface area contributed by atoms with E-state index in [0.29, 0.717) is 12.1 Å². The van der Waals surface area contributed by atoms with Gasteiger partial charge in [-0.05, 0) is 24.1 Å². The number of hydrogen-bond donors (Lipinski definition) is 0. The van der Waals surface area contributed by atoms with E-state index in [-0.39, 0.29) is 5.91 Å². The summed E-state index contributed by atoms with van der Waals surface area (Å²) in [6, 6.07) is 17.6. The third-order valence-electron chi connectivity index (χ3n) is 3.89. The molecule has 0 saturated heterocycles. The largest absolute Gasteiger partial charge is 0.467 e. The molecule has 0 heterocycles. The predicted molar refractivity (Wildman–Crippen MR) is 93.6 cm³/mol. The van der Waals surface area contributed by atoms with Gasteiger partial charge in [0.15, 0.2) is 6.04 Å². The van der Waals surface area contributed by atoms with Gasteiger partial charge >= 0.3 is 5.97 Å². The smallest absolute Gasteiger partial charge is 0.333 e. The minimum Gasteiger partial charge on any atom is -0.467 e. The van der Waals surface area contributed by atoms with Crippen LogP contribution in [0.25, 0.3) is 0 Å². The number of ether oxygens (including phenoxy) is 1. The summed E-state index contributed by atoms with van der Waals surface area (Å²) in [6.45, 7) is 2.56. The van der Waals surface area contributed by atoms with Crippen molar-refractivity contribution in [3.63, 3.8) is 0 Å². The van der Waals surface area contributed by atoms with Crippen LogP contribution < -0.4 is 0 Å². The number of unbranched alkanes of at least 4 members (excludes halogenated alkanes) is 1. The Labute approximate surface area is 143 Å². The molecule has 0 bridgehead atoms. The minimum absolute atomic E-state index is 0.164. The summed E-state index contributed by atoms with van der Waals surface area (Å²) in [5.41, 5.74) is 1.32. The lowest BCUT2D eigenvalue weighted by atomic mass is 10.0. The average Bonchev–Trinajstić information content (AvgIpc) is 2.65. The van der Waals surface area contributed by atoms with Crippen LogP contribution in [0.5, 0.6) is 0 Å². The second-order valence-electron chi connectivity index (χ2n) is 5.55. The van der Waals surface area contributed by atoms with Gasteiger partial charge in [-0.3, -0.25) is 4.79 Å². The topological polar surface area (TPSA) is 46.6 Å². The monoisotopic (exact) mass is 325 g/mol. The molecule has 1 amide bonds. The van der Waals surface area contributed by atoms with Gasteiger partial charge in [0.1, 0.15) is 0 Å². The highest BCUT2D eigenvalue weighted by atomic mass is 16.5. The first-order valence-electron chi connectivity index (χ1n) is 8.17. The second-order valence-corrected chi connectivity index (χ2v) is 5.55. The van der Waals surface area contributed by atoms with Gasteiger partial charge in [-0.2, -0.15) is 0 Å². The van der Waals surface area contributed by atoms with E-state index in [4.69, 9.17) is 4.74 Å². The van der Waals surface area contributed by atoms with Crippen molar-refractivity contribution in [3.05, 3.63) is 71.8 Å². The Morgan fingerprint density at radius 1 is 1.00 bits per heavy atom. The molecule has 2 aromatic carbocycles. The summed E-state index contributed by atoms with van der Waals surface area (Å²) in [4.78, 5) is 27.1. The lowest BCUT2D eigenvalue weighted by Crippen LogP contribution is -2.40. The molecule has 2 aromatic rings. The SMILES string of the molecule is CCCCN(C(=O)c1ccccc1)C(C(=O)OC)c1ccccc1. The summed E-state index contributed by atoms with van der Waals surface area (Å²) < 4.78 is 4.98. The number of methoxy groups -OCH3 is 1. The van der Waals surface area contributed by atoms with Gasteiger partial charge in [-0.25, -0.2) is 4.79 Å². The Morgan fingerprint density at radius 3 is 2.12 bits per heavy atom. The van der Waals surface area contributed by atoms with Crippen molar-refractivity contribution in [2.45, 2.75) is 25.8 Å². The van der Waals surface area contributed by atoms with Gasteiger partial charge < -0.3 is 9.64 Å². The molecule has 0 saturated carbocycles.